The van der Waals surface area contributed by atoms with Crippen LogP contribution < -0.4 is 4.74 Å². The van der Waals surface area contributed by atoms with Gasteiger partial charge in [-0.1, -0.05) is 0 Å². The van der Waals surface area contributed by atoms with Crippen molar-refractivity contribution in [2.24, 2.45) is 0 Å². The molecule has 0 saturated carbocycles. The summed E-state index contributed by atoms with van der Waals surface area (Å²) < 4.78 is 12.1. The van der Waals surface area contributed by atoms with E-state index in [2.05, 4.69) is 5.10 Å². The molecule has 1 unspecified atom stereocenters. The fourth-order valence-electron chi connectivity index (χ4n) is 1.83. The standard InChI is InChI=1S/C12H16N2O3/c1-4-14-11(10(16-3)6-13-14)12(15)9-5-8(2)17-7-9/h5-7,12,15H,4H2,1-3H3. The van der Waals surface area contributed by atoms with Gasteiger partial charge in [-0.3, -0.25) is 4.68 Å². The van der Waals surface area contributed by atoms with E-state index in [4.69, 9.17) is 9.15 Å². The van der Waals surface area contributed by atoms with Crippen molar-refractivity contribution in [2.75, 3.05) is 7.11 Å². The van der Waals surface area contributed by atoms with Crippen LogP contribution >= 0.6 is 0 Å². The van der Waals surface area contributed by atoms with Gasteiger partial charge in [0.2, 0.25) is 0 Å². The number of hydrogen-bond donors (Lipinski definition) is 1. The van der Waals surface area contributed by atoms with Crippen LogP contribution in [-0.2, 0) is 6.54 Å². The van der Waals surface area contributed by atoms with Gasteiger partial charge in [0.1, 0.15) is 17.6 Å². The number of methoxy groups -OCH3 is 1. The summed E-state index contributed by atoms with van der Waals surface area (Å²) in [4.78, 5) is 0. The molecule has 0 spiro atoms. The van der Waals surface area contributed by atoms with Gasteiger partial charge in [-0.2, -0.15) is 5.10 Å². The number of furan rings is 1. The Balaban J connectivity index is 2.41. The summed E-state index contributed by atoms with van der Waals surface area (Å²) in [7, 11) is 1.56. The first-order chi connectivity index (χ1) is 8.17. The third-order valence-electron chi connectivity index (χ3n) is 2.69. The number of aliphatic hydroxyl groups excluding tert-OH is 1. The number of ether oxygens (including phenoxy) is 1. The topological polar surface area (TPSA) is 60.4 Å². The lowest BCUT2D eigenvalue weighted by Crippen LogP contribution is -2.09. The number of rotatable bonds is 4. The molecule has 0 fully saturated rings. The van der Waals surface area contributed by atoms with E-state index >= 15 is 0 Å². The molecule has 92 valence electrons. The summed E-state index contributed by atoms with van der Waals surface area (Å²) >= 11 is 0. The number of aryl methyl sites for hydroxylation is 2. The van der Waals surface area contributed by atoms with Gasteiger partial charge >= 0.3 is 0 Å². The Kier molecular flexibility index (Phi) is 3.19. The van der Waals surface area contributed by atoms with Crippen molar-refractivity contribution in [3.63, 3.8) is 0 Å². The fourth-order valence-corrected chi connectivity index (χ4v) is 1.83. The molecule has 1 atom stereocenters. The molecule has 0 aliphatic rings. The third-order valence-corrected chi connectivity index (χ3v) is 2.69. The summed E-state index contributed by atoms with van der Waals surface area (Å²) in [6, 6.07) is 1.80. The van der Waals surface area contributed by atoms with Crippen LogP contribution in [0.1, 0.15) is 30.0 Å². The summed E-state index contributed by atoms with van der Waals surface area (Å²) in [5.74, 6) is 1.35. The highest BCUT2D eigenvalue weighted by Gasteiger charge is 2.22. The van der Waals surface area contributed by atoms with Crippen LogP contribution in [0.15, 0.2) is 22.9 Å². The van der Waals surface area contributed by atoms with Crippen LogP contribution in [0.2, 0.25) is 0 Å². The number of hydrogen-bond acceptors (Lipinski definition) is 4. The van der Waals surface area contributed by atoms with E-state index in [1.165, 1.54) is 0 Å². The Morgan fingerprint density at radius 3 is 2.88 bits per heavy atom. The second kappa shape index (κ2) is 4.63. The molecule has 0 bridgehead atoms. The number of nitrogens with zero attached hydrogens (tertiary/aromatic N) is 2. The Bertz CT molecular complexity index is 480. The molecule has 1 N–H and O–H groups in total. The minimum Gasteiger partial charge on any atom is -0.493 e. The smallest absolute Gasteiger partial charge is 0.163 e. The summed E-state index contributed by atoms with van der Waals surface area (Å²) in [5, 5.41) is 14.5. The highest BCUT2D eigenvalue weighted by Crippen LogP contribution is 2.30. The lowest BCUT2D eigenvalue weighted by Gasteiger charge is -2.12. The predicted molar refractivity (Wildman–Crippen MR) is 62.0 cm³/mol. The molecule has 5 heteroatoms. The van der Waals surface area contributed by atoms with Crippen LogP contribution in [0.5, 0.6) is 5.75 Å². The summed E-state index contributed by atoms with van der Waals surface area (Å²) in [6.45, 7) is 4.47. The van der Waals surface area contributed by atoms with E-state index in [1.807, 2.05) is 13.8 Å². The molecule has 2 rings (SSSR count). The maximum Gasteiger partial charge on any atom is 0.163 e. The Morgan fingerprint density at radius 2 is 2.35 bits per heavy atom. The highest BCUT2D eigenvalue weighted by molar-refractivity contribution is 5.34. The average Bonchev–Trinajstić information content (AvgIpc) is 2.93. The monoisotopic (exact) mass is 236 g/mol. The Morgan fingerprint density at radius 1 is 1.59 bits per heavy atom. The van der Waals surface area contributed by atoms with E-state index in [0.717, 1.165) is 5.76 Å². The molecule has 2 aromatic rings. The number of aromatic nitrogens is 2. The molecule has 2 aromatic heterocycles. The zero-order valence-corrected chi connectivity index (χ0v) is 10.2. The molecular formula is C12H16N2O3. The molecule has 0 saturated heterocycles. The van der Waals surface area contributed by atoms with Gasteiger partial charge in [0, 0.05) is 12.1 Å². The first kappa shape index (κ1) is 11.7. The van der Waals surface area contributed by atoms with Gasteiger partial charge in [-0.25, -0.2) is 0 Å². The normalized spacial score (nSPS) is 12.7. The molecule has 0 aliphatic carbocycles. The van der Waals surface area contributed by atoms with Crippen LogP contribution in [0.4, 0.5) is 0 Å². The SMILES string of the molecule is CCn1ncc(OC)c1C(O)c1coc(C)c1. The molecule has 0 aromatic carbocycles. The second-order valence-electron chi connectivity index (χ2n) is 3.81. The molecule has 0 amide bonds. The van der Waals surface area contributed by atoms with Crippen molar-refractivity contribution in [3.05, 3.63) is 35.5 Å². The van der Waals surface area contributed by atoms with E-state index in [-0.39, 0.29) is 0 Å². The average molecular weight is 236 g/mol. The highest BCUT2D eigenvalue weighted by atomic mass is 16.5. The van der Waals surface area contributed by atoms with Crippen molar-refractivity contribution in [2.45, 2.75) is 26.5 Å². The first-order valence-electron chi connectivity index (χ1n) is 5.50. The summed E-state index contributed by atoms with van der Waals surface area (Å²) in [6.07, 6.45) is 2.37. The van der Waals surface area contributed by atoms with Crippen molar-refractivity contribution in [3.8, 4) is 5.75 Å². The molecule has 0 aliphatic heterocycles. The van der Waals surface area contributed by atoms with Gasteiger partial charge in [-0.05, 0) is 19.9 Å². The Labute approximate surface area is 99.6 Å². The molecular weight excluding hydrogens is 220 g/mol. The van der Waals surface area contributed by atoms with E-state index in [9.17, 15) is 5.11 Å². The van der Waals surface area contributed by atoms with Crippen LogP contribution in [0, 0.1) is 6.92 Å². The van der Waals surface area contributed by atoms with Crippen molar-refractivity contribution in [1.29, 1.82) is 0 Å². The van der Waals surface area contributed by atoms with Gasteiger partial charge in [0.25, 0.3) is 0 Å². The molecule has 0 radical (unpaired) electrons. The van der Waals surface area contributed by atoms with E-state index in [0.29, 0.717) is 23.6 Å². The third kappa shape index (κ3) is 2.06. The lowest BCUT2D eigenvalue weighted by molar-refractivity contribution is 0.201. The van der Waals surface area contributed by atoms with Crippen molar-refractivity contribution >= 4 is 0 Å². The van der Waals surface area contributed by atoms with Gasteiger partial charge < -0.3 is 14.3 Å². The molecule has 5 nitrogen and oxygen atoms in total. The minimum atomic E-state index is -0.787. The number of aliphatic hydroxyl groups is 1. The maximum absolute atomic E-state index is 10.3. The van der Waals surface area contributed by atoms with Crippen LogP contribution in [-0.4, -0.2) is 22.0 Å². The van der Waals surface area contributed by atoms with Gasteiger partial charge in [0.15, 0.2) is 5.75 Å². The Hall–Kier alpha value is -1.75. The van der Waals surface area contributed by atoms with Crippen molar-refractivity contribution in [1.82, 2.24) is 9.78 Å². The quantitative estimate of drug-likeness (QED) is 0.880. The maximum atomic E-state index is 10.3. The zero-order valence-electron chi connectivity index (χ0n) is 10.2. The summed E-state index contributed by atoms with van der Waals surface area (Å²) in [5.41, 5.74) is 1.35. The van der Waals surface area contributed by atoms with Gasteiger partial charge in [0.05, 0.1) is 19.6 Å². The minimum absolute atomic E-state index is 0.582. The lowest BCUT2D eigenvalue weighted by atomic mass is 10.1. The molecule has 2 heterocycles. The van der Waals surface area contributed by atoms with Crippen LogP contribution in [0.25, 0.3) is 0 Å². The predicted octanol–water partition coefficient (Wildman–Crippen LogP) is 1.89. The molecule has 17 heavy (non-hydrogen) atoms. The largest absolute Gasteiger partial charge is 0.493 e. The van der Waals surface area contributed by atoms with E-state index < -0.39 is 6.10 Å². The van der Waals surface area contributed by atoms with Crippen molar-refractivity contribution < 1.29 is 14.3 Å². The van der Waals surface area contributed by atoms with Crippen LogP contribution in [0.3, 0.4) is 0 Å². The van der Waals surface area contributed by atoms with E-state index in [1.54, 1.807) is 30.3 Å². The zero-order chi connectivity index (χ0) is 12.4. The fraction of sp³-hybridized carbons (Fsp3) is 0.417. The first-order valence-corrected chi connectivity index (χ1v) is 5.50. The second-order valence-corrected chi connectivity index (χ2v) is 3.81. The van der Waals surface area contributed by atoms with Gasteiger partial charge in [-0.15, -0.1) is 0 Å².